The molecular weight excluding hydrogens is 228 g/mol. The highest BCUT2D eigenvalue weighted by Crippen LogP contribution is 2.10. The fourth-order valence-corrected chi connectivity index (χ4v) is 1.42. The zero-order valence-corrected chi connectivity index (χ0v) is 11.7. The first-order valence-corrected chi connectivity index (χ1v) is 6.54. The summed E-state index contributed by atoms with van der Waals surface area (Å²) in [7, 11) is 0. The standard InChI is InChI=1S/C13H24N4O/c1-5-6-14-13-16-10(4)7-12(17-13)15-8-11(18)9(2)3/h7,9,11,18H,5-6,8H2,1-4H3,(H2,14,15,16,17). The van der Waals surface area contributed by atoms with Gasteiger partial charge in [0, 0.05) is 24.8 Å². The number of anilines is 2. The third kappa shape index (κ3) is 4.87. The average Bonchev–Trinajstić information content (AvgIpc) is 2.32. The predicted molar refractivity (Wildman–Crippen MR) is 74.9 cm³/mol. The molecule has 0 radical (unpaired) electrons. The Kier molecular flexibility index (Phi) is 5.85. The molecule has 0 bridgehead atoms. The molecule has 1 aromatic heterocycles. The summed E-state index contributed by atoms with van der Waals surface area (Å²) in [5.41, 5.74) is 0.908. The van der Waals surface area contributed by atoms with Gasteiger partial charge in [-0.1, -0.05) is 20.8 Å². The average molecular weight is 252 g/mol. The number of aryl methyl sites for hydroxylation is 1. The van der Waals surface area contributed by atoms with E-state index >= 15 is 0 Å². The number of aliphatic hydroxyl groups is 1. The minimum absolute atomic E-state index is 0.234. The molecular formula is C13H24N4O. The van der Waals surface area contributed by atoms with E-state index < -0.39 is 0 Å². The van der Waals surface area contributed by atoms with E-state index in [1.165, 1.54) is 0 Å². The SMILES string of the molecule is CCCNc1nc(C)cc(NCC(O)C(C)C)n1. The van der Waals surface area contributed by atoms with Crippen molar-refractivity contribution in [2.24, 2.45) is 5.92 Å². The molecule has 1 atom stereocenters. The number of aliphatic hydroxyl groups excluding tert-OH is 1. The number of nitrogens with zero attached hydrogens (tertiary/aromatic N) is 2. The van der Waals surface area contributed by atoms with Crippen molar-refractivity contribution in [1.82, 2.24) is 9.97 Å². The Balaban J connectivity index is 2.62. The quantitative estimate of drug-likeness (QED) is 0.692. The van der Waals surface area contributed by atoms with Crippen LogP contribution in [0.5, 0.6) is 0 Å². The molecule has 0 saturated heterocycles. The van der Waals surface area contributed by atoms with Gasteiger partial charge in [0.15, 0.2) is 0 Å². The second kappa shape index (κ2) is 7.16. The molecule has 18 heavy (non-hydrogen) atoms. The third-order valence-electron chi connectivity index (χ3n) is 2.65. The predicted octanol–water partition coefficient (Wildman–Crippen LogP) is 2.04. The molecule has 1 heterocycles. The molecule has 1 aromatic rings. The number of nitrogens with one attached hydrogen (secondary N) is 2. The minimum Gasteiger partial charge on any atom is -0.391 e. The van der Waals surface area contributed by atoms with Gasteiger partial charge < -0.3 is 15.7 Å². The highest BCUT2D eigenvalue weighted by Gasteiger charge is 2.09. The fraction of sp³-hybridized carbons (Fsp3) is 0.692. The van der Waals surface area contributed by atoms with Crippen molar-refractivity contribution in [3.05, 3.63) is 11.8 Å². The van der Waals surface area contributed by atoms with Gasteiger partial charge in [-0.2, -0.15) is 4.98 Å². The second-order valence-corrected chi connectivity index (χ2v) is 4.84. The summed E-state index contributed by atoms with van der Waals surface area (Å²) < 4.78 is 0. The molecule has 1 unspecified atom stereocenters. The molecule has 1 rings (SSSR count). The van der Waals surface area contributed by atoms with E-state index in [1.54, 1.807) is 0 Å². The molecule has 0 aliphatic carbocycles. The second-order valence-electron chi connectivity index (χ2n) is 4.84. The molecule has 5 nitrogen and oxygen atoms in total. The maximum atomic E-state index is 9.75. The topological polar surface area (TPSA) is 70.1 Å². The summed E-state index contributed by atoms with van der Waals surface area (Å²) in [5.74, 6) is 1.62. The number of aromatic nitrogens is 2. The lowest BCUT2D eigenvalue weighted by Gasteiger charge is -2.16. The molecule has 0 aromatic carbocycles. The van der Waals surface area contributed by atoms with Crippen LogP contribution in [0.4, 0.5) is 11.8 Å². The fourth-order valence-electron chi connectivity index (χ4n) is 1.42. The first-order chi connectivity index (χ1) is 8.52. The molecule has 0 saturated carbocycles. The van der Waals surface area contributed by atoms with Crippen molar-refractivity contribution >= 4 is 11.8 Å². The van der Waals surface area contributed by atoms with Gasteiger partial charge in [0.2, 0.25) is 5.95 Å². The van der Waals surface area contributed by atoms with Crippen LogP contribution in [-0.4, -0.2) is 34.3 Å². The van der Waals surface area contributed by atoms with Crippen LogP contribution in [0.1, 0.15) is 32.9 Å². The van der Waals surface area contributed by atoms with Crippen molar-refractivity contribution in [1.29, 1.82) is 0 Å². The lowest BCUT2D eigenvalue weighted by molar-refractivity contribution is 0.138. The van der Waals surface area contributed by atoms with Crippen LogP contribution in [-0.2, 0) is 0 Å². The van der Waals surface area contributed by atoms with Gasteiger partial charge in [-0.15, -0.1) is 0 Å². The zero-order chi connectivity index (χ0) is 13.5. The third-order valence-corrected chi connectivity index (χ3v) is 2.65. The molecule has 5 heteroatoms. The maximum Gasteiger partial charge on any atom is 0.224 e. The normalized spacial score (nSPS) is 12.6. The summed E-state index contributed by atoms with van der Waals surface area (Å²) in [4.78, 5) is 8.67. The van der Waals surface area contributed by atoms with E-state index in [0.717, 1.165) is 24.5 Å². The van der Waals surface area contributed by atoms with Gasteiger partial charge in [0.1, 0.15) is 5.82 Å². The summed E-state index contributed by atoms with van der Waals surface area (Å²) in [6, 6.07) is 1.88. The Bertz CT molecular complexity index is 368. The molecule has 0 spiro atoms. The molecule has 0 amide bonds. The van der Waals surface area contributed by atoms with Crippen LogP contribution in [0, 0.1) is 12.8 Å². The Labute approximate surface area is 109 Å². The maximum absolute atomic E-state index is 9.75. The van der Waals surface area contributed by atoms with E-state index in [-0.39, 0.29) is 12.0 Å². The van der Waals surface area contributed by atoms with Crippen molar-refractivity contribution < 1.29 is 5.11 Å². The van der Waals surface area contributed by atoms with Gasteiger partial charge in [-0.05, 0) is 19.3 Å². The van der Waals surface area contributed by atoms with Gasteiger partial charge >= 0.3 is 0 Å². The van der Waals surface area contributed by atoms with E-state index in [0.29, 0.717) is 12.5 Å². The van der Waals surface area contributed by atoms with Crippen molar-refractivity contribution in [3.63, 3.8) is 0 Å². The van der Waals surface area contributed by atoms with Gasteiger partial charge in [-0.3, -0.25) is 0 Å². The monoisotopic (exact) mass is 252 g/mol. The van der Waals surface area contributed by atoms with E-state index in [9.17, 15) is 5.11 Å². The highest BCUT2D eigenvalue weighted by atomic mass is 16.3. The molecule has 0 aliphatic heterocycles. The highest BCUT2D eigenvalue weighted by molar-refractivity contribution is 5.42. The lowest BCUT2D eigenvalue weighted by Crippen LogP contribution is -2.25. The van der Waals surface area contributed by atoms with Crippen LogP contribution in [0.3, 0.4) is 0 Å². The van der Waals surface area contributed by atoms with Crippen molar-refractivity contribution in [2.45, 2.75) is 40.2 Å². The summed E-state index contributed by atoms with van der Waals surface area (Å²) in [5, 5.41) is 16.0. The smallest absolute Gasteiger partial charge is 0.224 e. The Morgan fingerprint density at radius 2 is 2.00 bits per heavy atom. The first-order valence-electron chi connectivity index (χ1n) is 6.54. The summed E-state index contributed by atoms with van der Waals surface area (Å²) in [6.45, 7) is 9.38. The van der Waals surface area contributed by atoms with E-state index in [1.807, 2.05) is 26.8 Å². The van der Waals surface area contributed by atoms with Crippen LogP contribution in [0.15, 0.2) is 6.07 Å². The summed E-state index contributed by atoms with van der Waals surface area (Å²) in [6.07, 6.45) is 0.666. The van der Waals surface area contributed by atoms with Crippen molar-refractivity contribution in [2.75, 3.05) is 23.7 Å². The molecule has 0 fully saturated rings. The van der Waals surface area contributed by atoms with Gasteiger partial charge in [-0.25, -0.2) is 4.98 Å². The number of rotatable bonds is 7. The van der Waals surface area contributed by atoms with Crippen LogP contribution >= 0.6 is 0 Å². The van der Waals surface area contributed by atoms with E-state index in [2.05, 4.69) is 27.5 Å². The van der Waals surface area contributed by atoms with Crippen LogP contribution in [0.2, 0.25) is 0 Å². The molecule has 102 valence electrons. The zero-order valence-electron chi connectivity index (χ0n) is 11.7. The van der Waals surface area contributed by atoms with Crippen molar-refractivity contribution in [3.8, 4) is 0 Å². The number of hydrogen-bond donors (Lipinski definition) is 3. The summed E-state index contributed by atoms with van der Waals surface area (Å²) >= 11 is 0. The van der Waals surface area contributed by atoms with Crippen LogP contribution < -0.4 is 10.6 Å². The Hall–Kier alpha value is -1.36. The Morgan fingerprint density at radius 3 is 2.61 bits per heavy atom. The lowest BCUT2D eigenvalue weighted by atomic mass is 10.1. The van der Waals surface area contributed by atoms with Crippen LogP contribution in [0.25, 0.3) is 0 Å². The molecule has 3 N–H and O–H groups in total. The van der Waals surface area contributed by atoms with Gasteiger partial charge in [0.05, 0.1) is 6.10 Å². The van der Waals surface area contributed by atoms with E-state index in [4.69, 9.17) is 0 Å². The molecule has 0 aliphatic rings. The Morgan fingerprint density at radius 1 is 1.28 bits per heavy atom. The number of hydrogen-bond acceptors (Lipinski definition) is 5. The largest absolute Gasteiger partial charge is 0.391 e. The minimum atomic E-state index is -0.368. The van der Waals surface area contributed by atoms with Gasteiger partial charge in [0.25, 0.3) is 0 Å². The first kappa shape index (κ1) is 14.7.